The number of aromatic nitrogens is 2. The van der Waals surface area contributed by atoms with E-state index < -0.39 is 0 Å². The first-order chi connectivity index (χ1) is 13.8. The van der Waals surface area contributed by atoms with Crippen LogP contribution in [0.2, 0.25) is 0 Å². The number of hydrogen-bond acceptors (Lipinski definition) is 4. The summed E-state index contributed by atoms with van der Waals surface area (Å²) >= 11 is 0. The Hall–Kier alpha value is -2.79. The van der Waals surface area contributed by atoms with E-state index in [0.29, 0.717) is 13.2 Å². The van der Waals surface area contributed by atoms with E-state index in [1.54, 1.807) is 7.11 Å². The van der Waals surface area contributed by atoms with Crippen molar-refractivity contribution >= 4 is 11.0 Å². The number of ether oxygens (including phenoxy) is 3. The molecule has 5 heteroatoms. The molecule has 0 spiro atoms. The maximum atomic E-state index is 6.06. The highest BCUT2D eigenvalue weighted by atomic mass is 16.5. The Balaban J connectivity index is 1.53. The summed E-state index contributed by atoms with van der Waals surface area (Å²) in [6.45, 7) is 5.82. The van der Waals surface area contributed by atoms with E-state index in [1.165, 1.54) is 0 Å². The Kier molecular flexibility index (Phi) is 5.63. The van der Waals surface area contributed by atoms with Gasteiger partial charge in [-0.2, -0.15) is 0 Å². The van der Waals surface area contributed by atoms with E-state index in [0.717, 1.165) is 59.8 Å². The molecule has 1 saturated heterocycles. The molecule has 146 valence electrons. The topological polar surface area (TPSA) is 45.5 Å². The number of hydrogen-bond donors (Lipinski definition) is 0. The summed E-state index contributed by atoms with van der Waals surface area (Å²) < 4.78 is 19.7. The summed E-state index contributed by atoms with van der Waals surface area (Å²) in [5, 5.41) is 0. The van der Waals surface area contributed by atoms with Gasteiger partial charge in [-0.15, -0.1) is 6.58 Å². The number of nitrogens with zero attached hydrogens (tertiary/aromatic N) is 2. The lowest BCUT2D eigenvalue weighted by Gasteiger charge is -2.15. The third-order valence-corrected chi connectivity index (χ3v) is 5.08. The number of benzene rings is 2. The summed E-state index contributed by atoms with van der Waals surface area (Å²) in [5.74, 6) is 2.49. The van der Waals surface area contributed by atoms with E-state index >= 15 is 0 Å². The molecule has 28 heavy (non-hydrogen) atoms. The number of allylic oxidation sites excluding steroid dienone is 1. The number of para-hydroxylation sites is 2. The third-order valence-electron chi connectivity index (χ3n) is 5.08. The molecule has 0 aliphatic carbocycles. The molecule has 5 nitrogen and oxygen atoms in total. The van der Waals surface area contributed by atoms with Gasteiger partial charge in [-0.3, -0.25) is 0 Å². The number of rotatable bonds is 8. The maximum Gasteiger partial charge on any atom is 0.161 e. The fourth-order valence-electron chi connectivity index (χ4n) is 3.73. The summed E-state index contributed by atoms with van der Waals surface area (Å²) in [7, 11) is 1.67. The molecule has 1 atom stereocenters. The molecule has 2 heterocycles. The quantitative estimate of drug-likeness (QED) is 0.533. The van der Waals surface area contributed by atoms with Crippen molar-refractivity contribution in [3.05, 3.63) is 66.5 Å². The second-order valence-electron chi connectivity index (χ2n) is 6.94. The zero-order valence-electron chi connectivity index (χ0n) is 16.3. The Morgan fingerprint density at radius 1 is 1.25 bits per heavy atom. The molecular formula is C23H26N2O3. The van der Waals surface area contributed by atoms with Crippen LogP contribution in [-0.2, 0) is 17.7 Å². The van der Waals surface area contributed by atoms with E-state index in [1.807, 2.05) is 42.5 Å². The van der Waals surface area contributed by atoms with Gasteiger partial charge in [-0.05, 0) is 49.1 Å². The van der Waals surface area contributed by atoms with Crippen LogP contribution in [0.3, 0.4) is 0 Å². The van der Waals surface area contributed by atoms with E-state index in [9.17, 15) is 0 Å². The minimum atomic E-state index is 0.0696. The van der Waals surface area contributed by atoms with Crippen molar-refractivity contribution in [2.75, 3.05) is 20.3 Å². The molecule has 0 bridgehead atoms. The lowest BCUT2D eigenvalue weighted by Crippen LogP contribution is -2.14. The lowest BCUT2D eigenvalue weighted by atomic mass is 10.1. The summed E-state index contributed by atoms with van der Waals surface area (Å²) in [6.07, 6.45) is 4.86. The summed E-state index contributed by atoms with van der Waals surface area (Å²) in [6, 6.07) is 14.2. The number of methoxy groups -OCH3 is 1. The molecule has 1 aliphatic rings. The van der Waals surface area contributed by atoms with Gasteiger partial charge in [0.15, 0.2) is 11.5 Å². The predicted octanol–water partition coefficient (Wildman–Crippen LogP) is 4.70. The minimum absolute atomic E-state index is 0.0696. The first-order valence-corrected chi connectivity index (χ1v) is 9.77. The standard InChI is InChI=1S/C23H26N2O3/c1-3-7-17-11-12-20(22(16-17)26-2)28-15-13-25-19-9-5-4-8-18(19)24-23(25)21-10-6-14-27-21/h3-5,8-9,11-12,16,21H,1,6-7,10,13-15H2,2H3. The van der Waals surface area contributed by atoms with Crippen molar-refractivity contribution in [1.29, 1.82) is 0 Å². The zero-order chi connectivity index (χ0) is 19.3. The van der Waals surface area contributed by atoms with Crippen LogP contribution in [0.5, 0.6) is 11.5 Å². The van der Waals surface area contributed by atoms with Crippen molar-refractivity contribution in [2.45, 2.75) is 31.9 Å². The van der Waals surface area contributed by atoms with Crippen molar-refractivity contribution in [3.63, 3.8) is 0 Å². The molecule has 0 radical (unpaired) electrons. The Bertz CT molecular complexity index is 958. The maximum absolute atomic E-state index is 6.06. The van der Waals surface area contributed by atoms with E-state index in [4.69, 9.17) is 19.2 Å². The fraction of sp³-hybridized carbons (Fsp3) is 0.348. The molecular weight excluding hydrogens is 352 g/mol. The van der Waals surface area contributed by atoms with Crippen LogP contribution >= 0.6 is 0 Å². The van der Waals surface area contributed by atoms with Crippen LogP contribution in [0, 0.1) is 0 Å². The average molecular weight is 378 g/mol. The van der Waals surface area contributed by atoms with Gasteiger partial charge < -0.3 is 18.8 Å². The molecule has 0 amide bonds. The van der Waals surface area contributed by atoms with Crippen LogP contribution in [0.15, 0.2) is 55.1 Å². The van der Waals surface area contributed by atoms with Crippen molar-refractivity contribution in [2.24, 2.45) is 0 Å². The van der Waals surface area contributed by atoms with Crippen LogP contribution in [0.25, 0.3) is 11.0 Å². The lowest BCUT2D eigenvalue weighted by molar-refractivity contribution is 0.101. The molecule has 1 aromatic heterocycles. The van der Waals surface area contributed by atoms with Crippen LogP contribution in [-0.4, -0.2) is 29.9 Å². The first-order valence-electron chi connectivity index (χ1n) is 9.77. The smallest absolute Gasteiger partial charge is 0.161 e. The van der Waals surface area contributed by atoms with Gasteiger partial charge in [0, 0.05) is 6.61 Å². The van der Waals surface area contributed by atoms with Gasteiger partial charge in [-0.1, -0.05) is 24.3 Å². The fourth-order valence-corrected chi connectivity index (χ4v) is 3.73. The second-order valence-corrected chi connectivity index (χ2v) is 6.94. The highest BCUT2D eigenvalue weighted by molar-refractivity contribution is 5.76. The zero-order valence-corrected chi connectivity index (χ0v) is 16.3. The summed E-state index contributed by atoms with van der Waals surface area (Å²) in [4.78, 5) is 4.83. The van der Waals surface area contributed by atoms with Crippen LogP contribution in [0.1, 0.15) is 30.3 Å². The molecule has 3 aromatic rings. The van der Waals surface area contributed by atoms with E-state index in [-0.39, 0.29) is 6.10 Å². The monoisotopic (exact) mass is 378 g/mol. The normalized spacial score (nSPS) is 16.4. The molecule has 4 rings (SSSR count). The van der Waals surface area contributed by atoms with Gasteiger partial charge in [0.25, 0.3) is 0 Å². The van der Waals surface area contributed by atoms with Crippen molar-refractivity contribution < 1.29 is 14.2 Å². The number of imidazole rings is 1. The van der Waals surface area contributed by atoms with E-state index in [2.05, 4.69) is 17.2 Å². The van der Waals surface area contributed by atoms with Crippen LogP contribution in [0.4, 0.5) is 0 Å². The molecule has 1 fully saturated rings. The first kappa shape index (κ1) is 18.6. The van der Waals surface area contributed by atoms with Gasteiger partial charge in [0.1, 0.15) is 18.5 Å². The van der Waals surface area contributed by atoms with Gasteiger partial charge in [-0.25, -0.2) is 4.98 Å². The minimum Gasteiger partial charge on any atom is -0.493 e. The molecule has 2 aromatic carbocycles. The molecule has 1 aliphatic heterocycles. The molecule has 0 N–H and O–H groups in total. The Morgan fingerprint density at radius 2 is 2.14 bits per heavy atom. The van der Waals surface area contributed by atoms with Gasteiger partial charge >= 0.3 is 0 Å². The predicted molar refractivity (Wildman–Crippen MR) is 110 cm³/mol. The summed E-state index contributed by atoms with van der Waals surface area (Å²) in [5.41, 5.74) is 3.27. The molecule has 1 unspecified atom stereocenters. The highest BCUT2D eigenvalue weighted by Crippen LogP contribution is 2.31. The average Bonchev–Trinajstić information content (AvgIpc) is 3.37. The molecule has 0 saturated carbocycles. The Labute approximate surface area is 165 Å². The SMILES string of the molecule is C=CCc1ccc(OCCn2c(C3CCCO3)nc3ccccc32)c(OC)c1. The van der Waals surface area contributed by atoms with Gasteiger partial charge in [0.2, 0.25) is 0 Å². The van der Waals surface area contributed by atoms with Crippen LogP contribution < -0.4 is 9.47 Å². The van der Waals surface area contributed by atoms with Crippen molar-refractivity contribution in [3.8, 4) is 11.5 Å². The van der Waals surface area contributed by atoms with Gasteiger partial charge in [0.05, 0.1) is 24.7 Å². The number of fused-ring (bicyclic) bond motifs is 1. The Morgan fingerprint density at radius 3 is 2.93 bits per heavy atom. The third kappa shape index (κ3) is 3.76. The van der Waals surface area contributed by atoms with Crippen molar-refractivity contribution in [1.82, 2.24) is 9.55 Å². The highest BCUT2D eigenvalue weighted by Gasteiger charge is 2.24. The largest absolute Gasteiger partial charge is 0.493 e. The second kappa shape index (κ2) is 8.48.